The lowest BCUT2D eigenvalue weighted by Gasteiger charge is -2.21. The molecule has 1 heterocycles. The van der Waals surface area contributed by atoms with Crippen LogP contribution in [0, 0.1) is 0 Å². The Hall–Kier alpha value is -1.70. The fourth-order valence-electron chi connectivity index (χ4n) is 2.14. The molecule has 1 aromatic carbocycles. The zero-order valence-corrected chi connectivity index (χ0v) is 12.8. The summed E-state index contributed by atoms with van der Waals surface area (Å²) >= 11 is 0. The molecule has 0 radical (unpaired) electrons. The van der Waals surface area contributed by atoms with Gasteiger partial charge in [-0.25, -0.2) is 8.42 Å². The highest BCUT2D eigenvalue weighted by atomic mass is 32.2. The lowest BCUT2D eigenvalue weighted by molar-refractivity contribution is 0.415. The van der Waals surface area contributed by atoms with Crippen molar-refractivity contribution in [1.29, 1.82) is 0 Å². The summed E-state index contributed by atoms with van der Waals surface area (Å²) in [5.41, 5.74) is 6.65. The molecule has 2 N–H and O–H groups in total. The predicted molar refractivity (Wildman–Crippen MR) is 81.2 cm³/mol. The summed E-state index contributed by atoms with van der Waals surface area (Å²) in [6.45, 7) is 0.973. The van der Waals surface area contributed by atoms with Crippen molar-refractivity contribution in [2.75, 3.05) is 19.6 Å². The molecule has 0 saturated heterocycles. The van der Waals surface area contributed by atoms with Crippen molar-refractivity contribution >= 4 is 10.0 Å². The minimum Gasteiger partial charge on any atom is -0.329 e. The fraction of sp³-hybridized carbons (Fsp3) is 0.357. The van der Waals surface area contributed by atoms with Gasteiger partial charge in [-0.05, 0) is 18.1 Å². The highest BCUT2D eigenvalue weighted by molar-refractivity contribution is 7.89. The molecule has 114 valence electrons. The van der Waals surface area contributed by atoms with Crippen molar-refractivity contribution in [3.8, 4) is 0 Å². The maximum Gasteiger partial charge on any atom is 0.260 e. The van der Waals surface area contributed by atoms with E-state index in [9.17, 15) is 8.42 Å². The van der Waals surface area contributed by atoms with Gasteiger partial charge in [0.1, 0.15) is 0 Å². The van der Waals surface area contributed by atoms with Crippen LogP contribution in [-0.4, -0.2) is 42.1 Å². The molecule has 0 aliphatic heterocycles. The van der Waals surface area contributed by atoms with Gasteiger partial charge in [-0.15, -0.1) is 0 Å². The minimum atomic E-state index is -3.57. The van der Waals surface area contributed by atoms with E-state index in [1.54, 1.807) is 7.05 Å². The monoisotopic (exact) mass is 308 g/mol. The van der Waals surface area contributed by atoms with E-state index < -0.39 is 10.0 Å². The topological polar surface area (TPSA) is 81.2 Å². The van der Waals surface area contributed by atoms with E-state index in [0.717, 1.165) is 5.56 Å². The molecule has 0 aliphatic rings. The molecule has 2 aromatic rings. The standard InChI is InChI=1S/C14H20N4O2S/c1-17-14(7-10-16-17)21(19,20)18(12-9-15)11-8-13-5-3-2-4-6-13/h2-7,10H,8-9,11-12,15H2,1H3. The molecule has 0 saturated carbocycles. The van der Waals surface area contributed by atoms with Crippen molar-refractivity contribution in [3.05, 3.63) is 48.2 Å². The first-order chi connectivity index (χ1) is 10.1. The van der Waals surface area contributed by atoms with E-state index in [1.807, 2.05) is 30.3 Å². The van der Waals surface area contributed by atoms with Crippen LogP contribution in [0.4, 0.5) is 0 Å². The highest BCUT2D eigenvalue weighted by Gasteiger charge is 2.26. The van der Waals surface area contributed by atoms with Gasteiger partial charge in [-0.3, -0.25) is 4.68 Å². The van der Waals surface area contributed by atoms with Gasteiger partial charge in [-0.2, -0.15) is 9.40 Å². The van der Waals surface area contributed by atoms with Crippen LogP contribution in [-0.2, 0) is 23.5 Å². The zero-order chi connectivity index (χ0) is 15.3. The van der Waals surface area contributed by atoms with Gasteiger partial charge in [0.2, 0.25) is 0 Å². The highest BCUT2D eigenvalue weighted by Crippen LogP contribution is 2.15. The van der Waals surface area contributed by atoms with Gasteiger partial charge in [0.15, 0.2) is 5.03 Å². The molecule has 0 atom stereocenters. The summed E-state index contributed by atoms with van der Waals surface area (Å²) in [5.74, 6) is 0. The first-order valence-electron chi connectivity index (χ1n) is 6.78. The minimum absolute atomic E-state index is 0.184. The number of nitrogens with zero attached hydrogens (tertiary/aromatic N) is 3. The Morgan fingerprint density at radius 2 is 1.90 bits per heavy atom. The molecule has 0 spiro atoms. The molecule has 0 fully saturated rings. The largest absolute Gasteiger partial charge is 0.329 e. The second-order valence-electron chi connectivity index (χ2n) is 4.72. The Balaban J connectivity index is 2.17. The second-order valence-corrected chi connectivity index (χ2v) is 6.61. The van der Waals surface area contributed by atoms with Crippen LogP contribution in [0.15, 0.2) is 47.6 Å². The summed E-state index contributed by atoms with van der Waals surface area (Å²) in [7, 11) is -1.95. The average molecular weight is 308 g/mol. The Labute approximate surface area is 125 Å². The summed E-state index contributed by atoms with van der Waals surface area (Å²) in [6.07, 6.45) is 2.13. The van der Waals surface area contributed by atoms with Gasteiger partial charge >= 0.3 is 0 Å². The third kappa shape index (κ3) is 3.69. The van der Waals surface area contributed by atoms with E-state index in [4.69, 9.17) is 5.73 Å². The number of hydrogen-bond donors (Lipinski definition) is 1. The van der Waals surface area contributed by atoms with Gasteiger partial charge in [0.05, 0.1) is 6.20 Å². The predicted octanol–water partition coefficient (Wildman–Crippen LogP) is 0.612. The maximum absolute atomic E-state index is 12.6. The van der Waals surface area contributed by atoms with Crippen molar-refractivity contribution in [3.63, 3.8) is 0 Å². The molecule has 0 aliphatic carbocycles. The SMILES string of the molecule is Cn1nccc1S(=O)(=O)N(CCN)CCc1ccccc1. The molecule has 6 nitrogen and oxygen atoms in total. The number of rotatable bonds is 7. The van der Waals surface area contributed by atoms with Gasteiger partial charge < -0.3 is 5.73 Å². The Morgan fingerprint density at radius 3 is 2.48 bits per heavy atom. The number of hydrogen-bond acceptors (Lipinski definition) is 4. The van der Waals surface area contributed by atoms with E-state index in [0.29, 0.717) is 19.5 Å². The van der Waals surface area contributed by atoms with Crippen molar-refractivity contribution in [2.24, 2.45) is 12.8 Å². The van der Waals surface area contributed by atoms with Crippen LogP contribution in [0.3, 0.4) is 0 Å². The molecule has 0 unspecified atom stereocenters. The van der Waals surface area contributed by atoms with Crippen LogP contribution in [0.5, 0.6) is 0 Å². The zero-order valence-electron chi connectivity index (χ0n) is 12.0. The Kier molecular flexibility index (Phi) is 5.11. The van der Waals surface area contributed by atoms with Crippen molar-refractivity contribution in [1.82, 2.24) is 14.1 Å². The number of sulfonamides is 1. The number of nitrogens with two attached hydrogens (primary N) is 1. The number of aromatic nitrogens is 2. The lowest BCUT2D eigenvalue weighted by atomic mass is 10.1. The second kappa shape index (κ2) is 6.84. The van der Waals surface area contributed by atoms with Gasteiger partial charge in [0, 0.05) is 26.7 Å². The first kappa shape index (κ1) is 15.7. The molecular formula is C14H20N4O2S. The third-order valence-corrected chi connectivity index (χ3v) is 5.23. The van der Waals surface area contributed by atoms with Crippen molar-refractivity contribution < 1.29 is 8.42 Å². The van der Waals surface area contributed by atoms with Gasteiger partial charge in [0.25, 0.3) is 10.0 Å². The number of benzene rings is 1. The summed E-state index contributed by atoms with van der Waals surface area (Å²) in [5, 5.41) is 4.11. The van der Waals surface area contributed by atoms with Crippen LogP contribution in [0.1, 0.15) is 5.56 Å². The van der Waals surface area contributed by atoms with Crippen molar-refractivity contribution in [2.45, 2.75) is 11.4 Å². The maximum atomic E-state index is 12.6. The summed E-state index contributed by atoms with van der Waals surface area (Å²) in [4.78, 5) is 0. The molecular weight excluding hydrogens is 288 g/mol. The smallest absolute Gasteiger partial charge is 0.260 e. The lowest BCUT2D eigenvalue weighted by Crippen LogP contribution is -2.37. The molecule has 0 amide bonds. The fourth-order valence-corrected chi connectivity index (χ4v) is 3.70. The number of aryl methyl sites for hydroxylation is 1. The van der Waals surface area contributed by atoms with Gasteiger partial charge in [-0.1, -0.05) is 30.3 Å². The molecule has 7 heteroatoms. The van der Waals surface area contributed by atoms with Crippen LogP contribution in [0.2, 0.25) is 0 Å². The molecule has 0 bridgehead atoms. The Bertz CT molecular complexity index is 667. The van der Waals surface area contributed by atoms with E-state index in [-0.39, 0.29) is 11.6 Å². The van der Waals surface area contributed by atoms with Crippen LogP contribution in [0.25, 0.3) is 0 Å². The third-order valence-electron chi connectivity index (χ3n) is 3.25. The van der Waals surface area contributed by atoms with Crippen LogP contribution < -0.4 is 5.73 Å². The van der Waals surface area contributed by atoms with E-state index in [1.165, 1.54) is 21.3 Å². The normalized spacial score (nSPS) is 12.0. The van der Waals surface area contributed by atoms with E-state index >= 15 is 0 Å². The summed E-state index contributed by atoms with van der Waals surface area (Å²) in [6, 6.07) is 11.3. The molecule has 21 heavy (non-hydrogen) atoms. The molecule has 2 rings (SSSR count). The first-order valence-corrected chi connectivity index (χ1v) is 8.22. The summed E-state index contributed by atoms with van der Waals surface area (Å²) < 4.78 is 28.0. The van der Waals surface area contributed by atoms with Crippen LogP contribution >= 0.6 is 0 Å². The average Bonchev–Trinajstić information content (AvgIpc) is 2.91. The quantitative estimate of drug-likeness (QED) is 0.812. The Morgan fingerprint density at radius 1 is 1.19 bits per heavy atom. The van der Waals surface area contributed by atoms with E-state index in [2.05, 4.69) is 5.10 Å². The molecule has 1 aromatic heterocycles.